The Kier molecular flexibility index (Phi) is 7.12. The molecule has 1 N–H and O–H groups in total. The van der Waals surface area contributed by atoms with Crippen molar-refractivity contribution in [3.8, 4) is 0 Å². The lowest BCUT2D eigenvalue weighted by atomic mass is 9.97. The second-order valence-corrected chi connectivity index (χ2v) is 6.29. The highest BCUT2D eigenvalue weighted by Crippen LogP contribution is 2.13. The Morgan fingerprint density at radius 2 is 1.82 bits per heavy atom. The van der Waals surface area contributed by atoms with Gasteiger partial charge in [0.05, 0.1) is 0 Å². The van der Waals surface area contributed by atoms with Crippen LogP contribution in [-0.4, -0.2) is 12.6 Å². The SMILES string of the molecule is CCNC(CCc1ccc(I)cc1)CC(C)C. The summed E-state index contributed by atoms with van der Waals surface area (Å²) in [5, 5.41) is 3.59. The zero-order valence-electron chi connectivity index (χ0n) is 11.2. The van der Waals surface area contributed by atoms with E-state index in [0.717, 1.165) is 12.5 Å². The van der Waals surface area contributed by atoms with E-state index in [1.807, 2.05) is 0 Å². The van der Waals surface area contributed by atoms with Crippen molar-refractivity contribution in [2.45, 2.75) is 46.1 Å². The van der Waals surface area contributed by atoms with Crippen molar-refractivity contribution in [1.82, 2.24) is 5.32 Å². The average molecular weight is 345 g/mol. The van der Waals surface area contributed by atoms with E-state index in [1.54, 1.807) is 0 Å². The molecule has 1 aromatic carbocycles. The van der Waals surface area contributed by atoms with Crippen LogP contribution < -0.4 is 5.32 Å². The third kappa shape index (κ3) is 6.41. The molecule has 0 radical (unpaired) electrons. The number of rotatable bonds is 7. The lowest BCUT2D eigenvalue weighted by Crippen LogP contribution is -2.30. The molecule has 0 saturated heterocycles. The Morgan fingerprint density at radius 3 is 2.35 bits per heavy atom. The van der Waals surface area contributed by atoms with E-state index in [1.165, 1.54) is 28.4 Å². The monoisotopic (exact) mass is 345 g/mol. The number of aryl methyl sites for hydroxylation is 1. The van der Waals surface area contributed by atoms with Crippen LogP contribution in [0.5, 0.6) is 0 Å². The maximum absolute atomic E-state index is 3.59. The third-order valence-corrected chi connectivity index (χ3v) is 3.66. The summed E-state index contributed by atoms with van der Waals surface area (Å²) in [5.74, 6) is 0.774. The predicted molar refractivity (Wildman–Crippen MR) is 84.4 cm³/mol. The van der Waals surface area contributed by atoms with Gasteiger partial charge in [0.25, 0.3) is 0 Å². The molecule has 0 fully saturated rings. The molecule has 0 saturated carbocycles. The van der Waals surface area contributed by atoms with Gasteiger partial charge in [-0.05, 0) is 72.0 Å². The first-order chi connectivity index (χ1) is 8.11. The van der Waals surface area contributed by atoms with Crippen LogP contribution in [0.15, 0.2) is 24.3 Å². The van der Waals surface area contributed by atoms with E-state index in [-0.39, 0.29) is 0 Å². The topological polar surface area (TPSA) is 12.0 Å². The van der Waals surface area contributed by atoms with Gasteiger partial charge in [-0.2, -0.15) is 0 Å². The molecule has 96 valence electrons. The smallest absolute Gasteiger partial charge is 0.0130 e. The zero-order valence-corrected chi connectivity index (χ0v) is 13.3. The van der Waals surface area contributed by atoms with Crippen LogP contribution in [0.1, 0.15) is 39.2 Å². The van der Waals surface area contributed by atoms with E-state index in [4.69, 9.17) is 0 Å². The minimum absolute atomic E-state index is 0.666. The summed E-state index contributed by atoms with van der Waals surface area (Å²) in [6, 6.07) is 9.56. The van der Waals surface area contributed by atoms with Crippen LogP contribution >= 0.6 is 22.6 Å². The summed E-state index contributed by atoms with van der Waals surface area (Å²) in [7, 11) is 0. The fraction of sp³-hybridized carbons (Fsp3) is 0.600. The van der Waals surface area contributed by atoms with Crippen molar-refractivity contribution in [2.75, 3.05) is 6.54 Å². The summed E-state index contributed by atoms with van der Waals surface area (Å²) in [6.45, 7) is 7.87. The predicted octanol–water partition coefficient (Wildman–Crippen LogP) is 4.25. The largest absolute Gasteiger partial charge is 0.314 e. The van der Waals surface area contributed by atoms with Gasteiger partial charge < -0.3 is 5.32 Å². The second kappa shape index (κ2) is 8.09. The molecule has 0 aliphatic carbocycles. The highest BCUT2D eigenvalue weighted by Gasteiger charge is 2.09. The highest BCUT2D eigenvalue weighted by molar-refractivity contribution is 14.1. The minimum Gasteiger partial charge on any atom is -0.314 e. The molecule has 1 nitrogen and oxygen atoms in total. The Morgan fingerprint density at radius 1 is 1.18 bits per heavy atom. The molecule has 2 heteroatoms. The molecular formula is C15H24IN. The standard InChI is InChI=1S/C15H24IN/c1-4-17-15(11-12(2)3)10-7-13-5-8-14(16)9-6-13/h5-6,8-9,12,15,17H,4,7,10-11H2,1-3H3. The summed E-state index contributed by atoms with van der Waals surface area (Å²) in [5.41, 5.74) is 1.46. The normalized spacial score (nSPS) is 13.0. The highest BCUT2D eigenvalue weighted by atomic mass is 127. The van der Waals surface area contributed by atoms with Crippen molar-refractivity contribution in [3.05, 3.63) is 33.4 Å². The fourth-order valence-electron chi connectivity index (χ4n) is 2.15. The Hall–Kier alpha value is -0.0900. The van der Waals surface area contributed by atoms with Crippen molar-refractivity contribution in [1.29, 1.82) is 0 Å². The quantitative estimate of drug-likeness (QED) is 0.729. The number of nitrogens with one attached hydrogen (secondary N) is 1. The van der Waals surface area contributed by atoms with E-state index < -0.39 is 0 Å². The maximum atomic E-state index is 3.59. The Balaban J connectivity index is 2.42. The van der Waals surface area contributed by atoms with Crippen molar-refractivity contribution in [2.24, 2.45) is 5.92 Å². The molecular weight excluding hydrogens is 321 g/mol. The first-order valence-electron chi connectivity index (χ1n) is 6.59. The van der Waals surface area contributed by atoms with Gasteiger partial charge in [0.2, 0.25) is 0 Å². The molecule has 1 aromatic rings. The minimum atomic E-state index is 0.666. The first-order valence-corrected chi connectivity index (χ1v) is 7.67. The van der Waals surface area contributed by atoms with Crippen molar-refractivity contribution < 1.29 is 0 Å². The molecule has 0 amide bonds. The van der Waals surface area contributed by atoms with Crippen LogP contribution in [-0.2, 0) is 6.42 Å². The Labute approximate surface area is 120 Å². The van der Waals surface area contributed by atoms with Crippen LogP contribution in [0, 0.1) is 9.49 Å². The van der Waals surface area contributed by atoms with Gasteiger partial charge in [-0.1, -0.05) is 32.9 Å². The Bertz CT molecular complexity index is 305. The van der Waals surface area contributed by atoms with Crippen LogP contribution in [0.25, 0.3) is 0 Å². The summed E-state index contributed by atoms with van der Waals surface area (Å²) in [4.78, 5) is 0. The number of hydrogen-bond donors (Lipinski definition) is 1. The van der Waals surface area contributed by atoms with Gasteiger partial charge in [-0.25, -0.2) is 0 Å². The van der Waals surface area contributed by atoms with Gasteiger partial charge >= 0.3 is 0 Å². The van der Waals surface area contributed by atoms with Gasteiger partial charge in [0.15, 0.2) is 0 Å². The first kappa shape index (κ1) is 15.0. The molecule has 1 unspecified atom stereocenters. The lowest BCUT2D eigenvalue weighted by molar-refractivity contribution is 0.405. The van der Waals surface area contributed by atoms with Gasteiger partial charge in [0, 0.05) is 9.61 Å². The third-order valence-electron chi connectivity index (χ3n) is 2.94. The van der Waals surface area contributed by atoms with Gasteiger partial charge in [0.1, 0.15) is 0 Å². The molecule has 0 bridgehead atoms. The lowest BCUT2D eigenvalue weighted by Gasteiger charge is -2.19. The van der Waals surface area contributed by atoms with E-state index in [0.29, 0.717) is 6.04 Å². The molecule has 0 aromatic heterocycles. The molecule has 0 heterocycles. The summed E-state index contributed by atoms with van der Waals surface area (Å²) in [6.07, 6.45) is 3.70. The average Bonchev–Trinajstić information content (AvgIpc) is 2.27. The van der Waals surface area contributed by atoms with Crippen LogP contribution in [0.4, 0.5) is 0 Å². The number of benzene rings is 1. The molecule has 1 atom stereocenters. The van der Waals surface area contributed by atoms with E-state index >= 15 is 0 Å². The van der Waals surface area contributed by atoms with Crippen LogP contribution in [0.3, 0.4) is 0 Å². The molecule has 0 aliphatic heterocycles. The van der Waals surface area contributed by atoms with Crippen LogP contribution in [0.2, 0.25) is 0 Å². The second-order valence-electron chi connectivity index (χ2n) is 5.05. The molecule has 17 heavy (non-hydrogen) atoms. The molecule has 1 rings (SSSR count). The number of hydrogen-bond acceptors (Lipinski definition) is 1. The van der Waals surface area contributed by atoms with Crippen molar-refractivity contribution >= 4 is 22.6 Å². The van der Waals surface area contributed by atoms with E-state index in [9.17, 15) is 0 Å². The van der Waals surface area contributed by atoms with Crippen molar-refractivity contribution in [3.63, 3.8) is 0 Å². The maximum Gasteiger partial charge on any atom is 0.0130 e. The summed E-state index contributed by atoms with van der Waals surface area (Å²) >= 11 is 2.36. The number of halogens is 1. The fourth-order valence-corrected chi connectivity index (χ4v) is 2.51. The molecule has 0 spiro atoms. The summed E-state index contributed by atoms with van der Waals surface area (Å²) < 4.78 is 1.32. The van der Waals surface area contributed by atoms with Gasteiger partial charge in [-0.15, -0.1) is 0 Å². The zero-order chi connectivity index (χ0) is 12.7. The molecule has 0 aliphatic rings. The van der Waals surface area contributed by atoms with E-state index in [2.05, 4.69) is 72.9 Å². The van der Waals surface area contributed by atoms with Gasteiger partial charge in [-0.3, -0.25) is 0 Å².